The Morgan fingerprint density at radius 1 is 1.50 bits per heavy atom. The summed E-state index contributed by atoms with van der Waals surface area (Å²) in [5.41, 5.74) is -0.293. The Labute approximate surface area is 87.0 Å². The molecule has 1 rings (SSSR count). The van der Waals surface area contributed by atoms with Gasteiger partial charge in [0.15, 0.2) is 0 Å². The van der Waals surface area contributed by atoms with Crippen molar-refractivity contribution in [3.63, 3.8) is 0 Å². The molecule has 14 heavy (non-hydrogen) atoms. The fraction of sp³-hybridized carbons (Fsp3) is 0.917. The highest BCUT2D eigenvalue weighted by atomic mass is 16.5. The molecule has 0 amide bonds. The Hall–Kier alpha value is -0.370. The van der Waals surface area contributed by atoms with Crippen LogP contribution >= 0.6 is 0 Å². The van der Waals surface area contributed by atoms with Crippen molar-refractivity contribution in [2.45, 2.75) is 52.1 Å². The maximum atomic E-state index is 11.9. The number of ketones is 1. The summed E-state index contributed by atoms with van der Waals surface area (Å²) in [4.78, 5) is 11.9. The van der Waals surface area contributed by atoms with Crippen LogP contribution in [0, 0.1) is 11.8 Å². The second kappa shape index (κ2) is 4.43. The van der Waals surface area contributed by atoms with Crippen molar-refractivity contribution in [3.05, 3.63) is 0 Å². The van der Waals surface area contributed by atoms with Crippen LogP contribution in [-0.2, 0) is 9.53 Å². The van der Waals surface area contributed by atoms with E-state index in [2.05, 4.69) is 6.92 Å². The predicted molar refractivity (Wildman–Crippen MR) is 57.2 cm³/mol. The van der Waals surface area contributed by atoms with E-state index in [4.69, 9.17) is 4.74 Å². The molecule has 0 bridgehead atoms. The zero-order valence-electron chi connectivity index (χ0n) is 9.80. The average Bonchev–Trinajstić information content (AvgIpc) is 2.17. The van der Waals surface area contributed by atoms with Crippen LogP contribution < -0.4 is 0 Å². The standard InChI is InChI=1S/C12H22O2/c1-5-9-7-6-8-10(13)11(9)12(2,3)14-4/h9,11H,5-8H2,1-4H3/t9-,11+/m1/s1. The molecule has 0 unspecified atom stereocenters. The molecule has 0 heterocycles. The Bertz CT molecular complexity index is 208. The minimum atomic E-state index is -0.293. The maximum absolute atomic E-state index is 11.9. The van der Waals surface area contributed by atoms with E-state index < -0.39 is 0 Å². The highest BCUT2D eigenvalue weighted by Gasteiger charge is 2.41. The summed E-state index contributed by atoms with van der Waals surface area (Å²) in [5, 5.41) is 0. The van der Waals surface area contributed by atoms with Crippen molar-refractivity contribution < 1.29 is 9.53 Å². The van der Waals surface area contributed by atoms with Crippen LogP contribution in [0.3, 0.4) is 0 Å². The zero-order valence-corrected chi connectivity index (χ0v) is 9.80. The quantitative estimate of drug-likeness (QED) is 0.697. The lowest BCUT2D eigenvalue weighted by atomic mass is 9.69. The smallest absolute Gasteiger partial charge is 0.139 e. The fourth-order valence-corrected chi connectivity index (χ4v) is 2.65. The molecule has 2 heteroatoms. The molecule has 0 radical (unpaired) electrons. The topological polar surface area (TPSA) is 26.3 Å². The van der Waals surface area contributed by atoms with E-state index in [1.165, 1.54) is 6.42 Å². The first-order valence-electron chi connectivity index (χ1n) is 5.60. The molecule has 1 aliphatic carbocycles. The van der Waals surface area contributed by atoms with Crippen molar-refractivity contribution in [1.29, 1.82) is 0 Å². The van der Waals surface area contributed by atoms with Crippen molar-refractivity contribution in [3.8, 4) is 0 Å². The molecule has 0 aromatic rings. The molecule has 1 aliphatic rings. The third-order valence-corrected chi connectivity index (χ3v) is 3.62. The zero-order chi connectivity index (χ0) is 10.8. The highest BCUT2D eigenvalue weighted by molar-refractivity contribution is 5.83. The number of Topliss-reactive ketones (excluding diaryl/α,β-unsaturated/α-hetero) is 1. The largest absolute Gasteiger partial charge is 0.378 e. The van der Waals surface area contributed by atoms with E-state index >= 15 is 0 Å². The lowest BCUT2D eigenvalue weighted by molar-refractivity contribution is -0.140. The molecule has 0 N–H and O–H groups in total. The number of carbonyl (C=O) groups excluding carboxylic acids is 1. The molecule has 0 spiro atoms. The van der Waals surface area contributed by atoms with Gasteiger partial charge in [-0.25, -0.2) is 0 Å². The monoisotopic (exact) mass is 198 g/mol. The van der Waals surface area contributed by atoms with Crippen LogP contribution in [0.5, 0.6) is 0 Å². The molecule has 0 aromatic heterocycles. The van der Waals surface area contributed by atoms with E-state index in [0.717, 1.165) is 19.3 Å². The van der Waals surface area contributed by atoms with Crippen LogP contribution in [0.1, 0.15) is 46.5 Å². The van der Waals surface area contributed by atoms with E-state index in [-0.39, 0.29) is 11.5 Å². The van der Waals surface area contributed by atoms with Gasteiger partial charge in [-0.1, -0.05) is 13.3 Å². The Kier molecular flexibility index (Phi) is 3.71. The van der Waals surface area contributed by atoms with Crippen molar-refractivity contribution in [1.82, 2.24) is 0 Å². The number of methoxy groups -OCH3 is 1. The van der Waals surface area contributed by atoms with Gasteiger partial charge in [0.05, 0.1) is 5.60 Å². The van der Waals surface area contributed by atoms with Crippen molar-refractivity contribution in [2.24, 2.45) is 11.8 Å². The van der Waals surface area contributed by atoms with E-state index in [1.807, 2.05) is 13.8 Å². The number of carbonyl (C=O) groups is 1. The molecule has 2 atom stereocenters. The summed E-state index contributed by atoms with van der Waals surface area (Å²) < 4.78 is 5.46. The third-order valence-electron chi connectivity index (χ3n) is 3.62. The Morgan fingerprint density at radius 2 is 2.14 bits per heavy atom. The van der Waals surface area contributed by atoms with Gasteiger partial charge in [0.1, 0.15) is 5.78 Å². The SMILES string of the molecule is CC[C@@H]1CCCC(=O)[C@H]1C(C)(C)OC. The first-order valence-corrected chi connectivity index (χ1v) is 5.60. The van der Waals surface area contributed by atoms with Gasteiger partial charge in [-0.3, -0.25) is 4.79 Å². The molecule has 82 valence electrons. The number of ether oxygens (including phenoxy) is 1. The van der Waals surface area contributed by atoms with E-state index in [0.29, 0.717) is 11.7 Å². The van der Waals surface area contributed by atoms with Gasteiger partial charge in [-0.05, 0) is 32.6 Å². The molecular weight excluding hydrogens is 176 g/mol. The van der Waals surface area contributed by atoms with Crippen LogP contribution in [-0.4, -0.2) is 18.5 Å². The van der Waals surface area contributed by atoms with Gasteiger partial charge in [-0.15, -0.1) is 0 Å². The molecule has 0 saturated heterocycles. The number of hydrogen-bond donors (Lipinski definition) is 0. The summed E-state index contributed by atoms with van der Waals surface area (Å²) in [6, 6.07) is 0. The fourth-order valence-electron chi connectivity index (χ4n) is 2.65. The Morgan fingerprint density at radius 3 is 2.64 bits per heavy atom. The second-order valence-corrected chi connectivity index (χ2v) is 4.81. The van der Waals surface area contributed by atoms with Gasteiger partial charge in [0, 0.05) is 19.4 Å². The molecule has 0 aromatic carbocycles. The molecular formula is C12H22O2. The minimum absolute atomic E-state index is 0.103. The summed E-state index contributed by atoms with van der Waals surface area (Å²) in [5.74, 6) is 1.02. The molecule has 1 fully saturated rings. The molecule has 0 aliphatic heterocycles. The summed E-state index contributed by atoms with van der Waals surface area (Å²) in [7, 11) is 1.70. The molecule has 1 saturated carbocycles. The first-order chi connectivity index (χ1) is 6.53. The summed E-state index contributed by atoms with van der Waals surface area (Å²) >= 11 is 0. The van der Waals surface area contributed by atoms with E-state index in [9.17, 15) is 4.79 Å². The van der Waals surface area contributed by atoms with Crippen LogP contribution in [0.25, 0.3) is 0 Å². The number of hydrogen-bond acceptors (Lipinski definition) is 2. The van der Waals surface area contributed by atoms with E-state index in [1.54, 1.807) is 7.11 Å². The van der Waals surface area contributed by atoms with Gasteiger partial charge >= 0.3 is 0 Å². The molecule has 2 nitrogen and oxygen atoms in total. The Balaban J connectivity index is 2.83. The van der Waals surface area contributed by atoms with Crippen molar-refractivity contribution >= 4 is 5.78 Å². The van der Waals surface area contributed by atoms with Crippen LogP contribution in [0.2, 0.25) is 0 Å². The van der Waals surface area contributed by atoms with Gasteiger partial charge in [0.25, 0.3) is 0 Å². The third kappa shape index (κ3) is 2.17. The first kappa shape index (κ1) is 11.7. The second-order valence-electron chi connectivity index (χ2n) is 4.81. The lowest BCUT2D eigenvalue weighted by Gasteiger charge is -2.40. The minimum Gasteiger partial charge on any atom is -0.378 e. The normalized spacial score (nSPS) is 29.3. The van der Waals surface area contributed by atoms with Crippen LogP contribution in [0.4, 0.5) is 0 Å². The van der Waals surface area contributed by atoms with Gasteiger partial charge in [-0.2, -0.15) is 0 Å². The van der Waals surface area contributed by atoms with Crippen molar-refractivity contribution in [2.75, 3.05) is 7.11 Å². The predicted octanol–water partition coefficient (Wildman–Crippen LogP) is 2.81. The number of rotatable bonds is 3. The maximum Gasteiger partial charge on any atom is 0.139 e. The summed E-state index contributed by atoms with van der Waals surface area (Å²) in [6.07, 6.45) is 4.07. The van der Waals surface area contributed by atoms with Crippen LogP contribution in [0.15, 0.2) is 0 Å². The van der Waals surface area contributed by atoms with Gasteiger partial charge < -0.3 is 4.74 Å². The summed E-state index contributed by atoms with van der Waals surface area (Å²) in [6.45, 7) is 6.23. The lowest BCUT2D eigenvalue weighted by Crippen LogP contribution is -2.45. The highest BCUT2D eigenvalue weighted by Crippen LogP contribution is 2.38. The average molecular weight is 198 g/mol. The van der Waals surface area contributed by atoms with Gasteiger partial charge in [0.2, 0.25) is 0 Å².